The van der Waals surface area contributed by atoms with Gasteiger partial charge in [0.25, 0.3) is 0 Å². The third-order valence-electron chi connectivity index (χ3n) is 4.06. The zero-order valence-electron chi connectivity index (χ0n) is 11.7. The summed E-state index contributed by atoms with van der Waals surface area (Å²) in [5.74, 6) is -0.463. The minimum absolute atomic E-state index is 0.0640. The van der Waals surface area contributed by atoms with Crippen LogP contribution in [0.4, 0.5) is 4.39 Å². The summed E-state index contributed by atoms with van der Waals surface area (Å²) in [5, 5.41) is 0.611. The molecule has 0 spiro atoms. The normalized spacial score (nSPS) is 17.0. The van der Waals surface area contributed by atoms with Crippen LogP contribution in [0.5, 0.6) is 0 Å². The van der Waals surface area contributed by atoms with Crippen LogP contribution in [0.2, 0.25) is 5.02 Å². The van der Waals surface area contributed by atoms with Crippen LogP contribution in [-0.4, -0.2) is 8.42 Å². The second-order valence-corrected chi connectivity index (χ2v) is 7.62. The van der Waals surface area contributed by atoms with Gasteiger partial charge in [-0.25, -0.2) is 17.5 Å². The highest BCUT2D eigenvalue weighted by molar-refractivity contribution is 7.89. The van der Waals surface area contributed by atoms with E-state index in [0.29, 0.717) is 5.02 Å². The van der Waals surface area contributed by atoms with Gasteiger partial charge in [-0.3, -0.25) is 0 Å². The van der Waals surface area contributed by atoms with Gasteiger partial charge >= 0.3 is 0 Å². The number of nitrogens with one attached hydrogen (secondary N) is 1. The highest BCUT2D eigenvalue weighted by atomic mass is 35.5. The first kappa shape index (κ1) is 15.5. The fourth-order valence-electron chi connectivity index (χ4n) is 2.68. The molecule has 0 amide bonds. The summed E-state index contributed by atoms with van der Waals surface area (Å²) in [6.45, 7) is 0. The van der Waals surface area contributed by atoms with Crippen LogP contribution in [0.25, 0.3) is 0 Å². The molecule has 1 N–H and O–H groups in total. The first-order valence-corrected chi connectivity index (χ1v) is 8.83. The largest absolute Gasteiger partial charge is 0.241 e. The van der Waals surface area contributed by atoms with Crippen LogP contribution in [0, 0.1) is 5.82 Å². The zero-order valence-corrected chi connectivity index (χ0v) is 13.3. The highest BCUT2D eigenvalue weighted by Crippen LogP contribution is 2.42. The van der Waals surface area contributed by atoms with E-state index in [1.165, 1.54) is 12.1 Å². The molecule has 22 heavy (non-hydrogen) atoms. The molecule has 116 valence electrons. The molecule has 2 aromatic carbocycles. The molecule has 0 atom stereocenters. The minimum Gasteiger partial charge on any atom is -0.207 e. The van der Waals surface area contributed by atoms with Gasteiger partial charge in [0.1, 0.15) is 5.82 Å². The van der Waals surface area contributed by atoms with Crippen molar-refractivity contribution in [1.29, 1.82) is 0 Å². The van der Waals surface area contributed by atoms with Gasteiger partial charge in [0.15, 0.2) is 0 Å². The van der Waals surface area contributed by atoms with E-state index in [4.69, 9.17) is 11.6 Å². The molecule has 0 radical (unpaired) electrons. The Morgan fingerprint density at radius 3 is 2.09 bits per heavy atom. The Bertz CT molecular complexity index is 769. The van der Waals surface area contributed by atoms with Crippen molar-refractivity contribution in [3.8, 4) is 0 Å². The SMILES string of the molecule is O=S(=O)(NC1(c2ccc(Cl)cc2)CCC1)c1ccc(F)cc1. The lowest BCUT2D eigenvalue weighted by molar-refractivity contribution is 0.224. The van der Waals surface area contributed by atoms with Crippen molar-refractivity contribution in [3.63, 3.8) is 0 Å². The molecule has 1 aliphatic rings. The quantitative estimate of drug-likeness (QED) is 0.920. The fraction of sp³-hybridized carbons (Fsp3) is 0.250. The maximum atomic E-state index is 13.0. The van der Waals surface area contributed by atoms with Crippen molar-refractivity contribution < 1.29 is 12.8 Å². The van der Waals surface area contributed by atoms with E-state index in [-0.39, 0.29) is 4.90 Å². The van der Waals surface area contributed by atoms with E-state index in [1.54, 1.807) is 12.1 Å². The van der Waals surface area contributed by atoms with E-state index in [1.807, 2.05) is 12.1 Å². The zero-order chi connectivity index (χ0) is 15.8. The predicted molar refractivity (Wildman–Crippen MR) is 83.7 cm³/mol. The summed E-state index contributed by atoms with van der Waals surface area (Å²) in [5.41, 5.74) is 0.298. The van der Waals surface area contributed by atoms with Crippen LogP contribution in [-0.2, 0) is 15.6 Å². The Hall–Kier alpha value is -1.43. The van der Waals surface area contributed by atoms with Crippen molar-refractivity contribution in [3.05, 3.63) is 64.9 Å². The van der Waals surface area contributed by atoms with Gasteiger partial charge in [0, 0.05) is 5.02 Å². The summed E-state index contributed by atoms with van der Waals surface area (Å²) in [6, 6.07) is 12.0. The molecule has 2 aromatic rings. The van der Waals surface area contributed by atoms with E-state index >= 15 is 0 Å². The summed E-state index contributed by atoms with van der Waals surface area (Å²) in [4.78, 5) is 0.0640. The van der Waals surface area contributed by atoms with Crippen LogP contribution in [0.15, 0.2) is 53.4 Å². The molecule has 0 unspecified atom stereocenters. The molecular formula is C16H15ClFNO2S. The van der Waals surface area contributed by atoms with Crippen molar-refractivity contribution >= 4 is 21.6 Å². The number of halogens is 2. The third-order valence-corrected chi connectivity index (χ3v) is 5.86. The van der Waals surface area contributed by atoms with Gasteiger partial charge in [-0.2, -0.15) is 0 Å². The van der Waals surface area contributed by atoms with Gasteiger partial charge in [0.2, 0.25) is 10.0 Å². The number of hydrogen-bond acceptors (Lipinski definition) is 2. The smallest absolute Gasteiger partial charge is 0.207 e. The minimum atomic E-state index is -3.70. The van der Waals surface area contributed by atoms with Gasteiger partial charge in [0.05, 0.1) is 10.4 Å². The van der Waals surface area contributed by atoms with Crippen LogP contribution in [0.3, 0.4) is 0 Å². The molecule has 0 aromatic heterocycles. The second kappa shape index (κ2) is 5.65. The standard InChI is InChI=1S/C16H15ClFNO2S/c17-13-4-2-12(3-5-13)16(10-1-11-16)19-22(20,21)15-8-6-14(18)7-9-15/h2-9,19H,1,10-11H2. The first-order chi connectivity index (χ1) is 10.4. The summed E-state index contributed by atoms with van der Waals surface area (Å²) < 4.78 is 40.8. The summed E-state index contributed by atoms with van der Waals surface area (Å²) in [7, 11) is -3.70. The van der Waals surface area contributed by atoms with Gasteiger partial charge in [-0.05, 0) is 61.2 Å². The number of hydrogen-bond donors (Lipinski definition) is 1. The maximum Gasteiger partial charge on any atom is 0.241 e. The predicted octanol–water partition coefficient (Wildman–Crippen LogP) is 3.84. The van der Waals surface area contributed by atoms with E-state index in [2.05, 4.69) is 4.72 Å². The number of rotatable bonds is 4. The fourth-order valence-corrected chi connectivity index (χ4v) is 4.25. The Balaban J connectivity index is 1.92. The van der Waals surface area contributed by atoms with Crippen molar-refractivity contribution in [2.24, 2.45) is 0 Å². The van der Waals surface area contributed by atoms with Crippen molar-refractivity contribution in [2.75, 3.05) is 0 Å². The highest BCUT2D eigenvalue weighted by Gasteiger charge is 2.42. The molecule has 1 saturated carbocycles. The molecule has 0 heterocycles. The summed E-state index contributed by atoms with van der Waals surface area (Å²) in [6.07, 6.45) is 2.42. The van der Waals surface area contributed by atoms with Crippen LogP contribution >= 0.6 is 11.6 Å². The Morgan fingerprint density at radius 1 is 1.00 bits per heavy atom. The first-order valence-electron chi connectivity index (χ1n) is 6.97. The lowest BCUT2D eigenvalue weighted by Crippen LogP contribution is -2.50. The lowest BCUT2D eigenvalue weighted by Gasteiger charge is -2.42. The topological polar surface area (TPSA) is 46.2 Å². The Morgan fingerprint density at radius 2 is 1.59 bits per heavy atom. The Labute approximate surface area is 134 Å². The van der Waals surface area contributed by atoms with Crippen molar-refractivity contribution in [2.45, 2.75) is 29.7 Å². The molecule has 3 nitrogen and oxygen atoms in total. The van der Waals surface area contributed by atoms with Crippen LogP contribution in [0.1, 0.15) is 24.8 Å². The summed E-state index contributed by atoms with van der Waals surface area (Å²) >= 11 is 5.89. The van der Waals surface area contributed by atoms with Crippen LogP contribution < -0.4 is 4.72 Å². The maximum absolute atomic E-state index is 13.0. The molecule has 1 fully saturated rings. The van der Waals surface area contributed by atoms with E-state index < -0.39 is 21.4 Å². The monoisotopic (exact) mass is 339 g/mol. The number of benzene rings is 2. The van der Waals surface area contributed by atoms with E-state index in [9.17, 15) is 12.8 Å². The average Bonchev–Trinajstić information content (AvgIpc) is 2.44. The van der Waals surface area contributed by atoms with Gasteiger partial charge < -0.3 is 0 Å². The van der Waals surface area contributed by atoms with Gasteiger partial charge in [-0.1, -0.05) is 23.7 Å². The lowest BCUT2D eigenvalue weighted by atomic mass is 9.73. The molecular weight excluding hydrogens is 325 g/mol. The molecule has 0 aliphatic heterocycles. The van der Waals surface area contributed by atoms with E-state index in [0.717, 1.165) is 37.0 Å². The third kappa shape index (κ3) is 2.89. The molecule has 0 bridgehead atoms. The van der Waals surface area contributed by atoms with Crippen molar-refractivity contribution in [1.82, 2.24) is 4.72 Å². The number of sulfonamides is 1. The average molecular weight is 340 g/mol. The second-order valence-electron chi connectivity index (χ2n) is 5.50. The van der Waals surface area contributed by atoms with Gasteiger partial charge in [-0.15, -0.1) is 0 Å². The molecule has 1 aliphatic carbocycles. The molecule has 6 heteroatoms. The molecule has 3 rings (SSSR count). The Kier molecular flexibility index (Phi) is 3.97. The molecule has 0 saturated heterocycles.